The van der Waals surface area contributed by atoms with Crippen LogP contribution >= 0.6 is 11.3 Å². The summed E-state index contributed by atoms with van der Waals surface area (Å²) in [4.78, 5) is 33.2. The molecule has 1 saturated heterocycles. The Labute approximate surface area is 231 Å². The lowest BCUT2D eigenvalue weighted by atomic mass is 9.95. The average molecular weight is 543 g/mol. The van der Waals surface area contributed by atoms with Gasteiger partial charge in [-0.2, -0.15) is 0 Å². The van der Waals surface area contributed by atoms with E-state index in [1.165, 1.54) is 16.2 Å². The van der Waals surface area contributed by atoms with Crippen LogP contribution in [-0.2, 0) is 9.59 Å². The minimum absolute atomic E-state index is 0.00346. The highest BCUT2D eigenvalue weighted by molar-refractivity contribution is 7.22. The molecular weight excluding hydrogens is 512 g/mol. The quantitative estimate of drug-likeness (QED) is 0.108. The molecule has 3 aromatic carbocycles. The first-order valence-corrected chi connectivity index (χ1v) is 13.9. The molecule has 1 fully saturated rings. The number of Topliss-reactive ketones (excluding diaryl/α,β-unsaturated/α-hetero) is 1. The number of aromatic nitrogens is 1. The van der Waals surface area contributed by atoms with Crippen LogP contribution in [0.1, 0.15) is 49.4 Å². The highest BCUT2D eigenvalue weighted by atomic mass is 32.1. The molecule has 0 saturated carbocycles. The van der Waals surface area contributed by atoms with E-state index >= 15 is 0 Å². The van der Waals surface area contributed by atoms with Gasteiger partial charge in [0.2, 0.25) is 0 Å². The summed E-state index contributed by atoms with van der Waals surface area (Å²) < 4.78 is 12.8. The van der Waals surface area contributed by atoms with Crippen LogP contribution in [0.2, 0.25) is 0 Å². The number of unbranched alkanes of at least 4 members (excludes halogenated alkanes) is 1. The van der Waals surface area contributed by atoms with Gasteiger partial charge in [-0.25, -0.2) is 4.98 Å². The zero-order valence-corrected chi connectivity index (χ0v) is 23.0. The molecule has 8 heteroatoms. The third-order valence-electron chi connectivity index (χ3n) is 6.57. The number of aliphatic hydroxyl groups is 1. The Morgan fingerprint density at radius 1 is 1.00 bits per heavy atom. The highest BCUT2D eigenvalue weighted by Crippen LogP contribution is 2.46. The molecule has 200 valence electrons. The van der Waals surface area contributed by atoms with E-state index in [-0.39, 0.29) is 11.3 Å². The Morgan fingerprint density at radius 3 is 2.54 bits per heavy atom. The fraction of sp³-hybridized carbons (Fsp3) is 0.258. The maximum absolute atomic E-state index is 13.6. The minimum atomic E-state index is -0.907. The van der Waals surface area contributed by atoms with Gasteiger partial charge in [-0.1, -0.05) is 67.1 Å². The zero-order valence-electron chi connectivity index (χ0n) is 22.1. The van der Waals surface area contributed by atoms with Crippen molar-refractivity contribution in [1.29, 1.82) is 0 Å². The van der Waals surface area contributed by atoms with Crippen LogP contribution in [0.4, 0.5) is 5.13 Å². The van der Waals surface area contributed by atoms with Gasteiger partial charge < -0.3 is 14.6 Å². The molecule has 39 heavy (non-hydrogen) atoms. The summed E-state index contributed by atoms with van der Waals surface area (Å²) >= 11 is 1.34. The Morgan fingerprint density at radius 2 is 1.79 bits per heavy atom. The maximum Gasteiger partial charge on any atom is 0.301 e. The van der Waals surface area contributed by atoms with Gasteiger partial charge in [0.05, 0.1) is 35.0 Å². The number of nitrogens with zero attached hydrogens (tertiary/aromatic N) is 2. The number of amides is 1. The Bertz CT molecular complexity index is 1560. The second-order valence-electron chi connectivity index (χ2n) is 9.34. The number of ether oxygens (including phenoxy) is 2. The van der Waals surface area contributed by atoms with Crippen LogP contribution in [-0.4, -0.2) is 35.0 Å². The van der Waals surface area contributed by atoms with Crippen molar-refractivity contribution in [2.45, 2.75) is 39.7 Å². The zero-order chi connectivity index (χ0) is 27.5. The summed E-state index contributed by atoms with van der Waals surface area (Å²) in [5.41, 5.74) is 2.86. The molecule has 0 bridgehead atoms. The number of thiazole rings is 1. The largest absolute Gasteiger partial charge is 0.507 e. The second-order valence-corrected chi connectivity index (χ2v) is 10.4. The normalized spacial score (nSPS) is 16.7. The van der Waals surface area contributed by atoms with Crippen molar-refractivity contribution < 1.29 is 24.2 Å². The van der Waals surface area contributed by atoms with Crippen molar-refractivity contribution in [3.05, 3.63) is 89.0 Å². The molecule has 2 heterocycles. The van der Waals surface area contributed by atoms with Crippen molar-refractivity contribution in [1.82, 2.24) is 4.98 Å². The summed E-state index contributed by atoms with van der Waals surface area (Å²) in [6.45, 7) is 6.93. The van der Waals surface area contributed by atoms with Crippen LogP contribution in [0.3, 0.4) is 0 Å². The first-order valence-electron chi connectivity index (χ1n) is 13.1. The number of fused-ring (bicyclic) bond motifs is 1. The number of rotatable bonds is 9. The van der Waals surface area contributed by atoms with E-state index in [0.29, 0.717) is 41.0 Å². The summed E-state index contributed by atoms with van der Waals surface area (Å²) in [7, 11) is 0. The van der Waals surface area contributed by atoms with Gasteiger partial charge in [0.15, 0.2) is 16.6 Å². The van der Waals surface area contributed by atoms with Gasteiger partial charge in [-0.3, -0.25) is 14.5 Å². The number of aliphatic hydroxyl groups excluding tert-OH is 1. The molecule has 1 atom stereocenters. The molecule has 1 aliphatic heterocycles. The van der Waals surface area contributed by atoms with Crippen LogP contribution < -0.4 is 14.4 Å². The van der Waals surface area contributed by atoms with Gasteiger partial charge in [0.1, 0.15) is 5.76 Å². The fourth-order valence-corrected chi connectivity index (χ4v) is 5.72. The minimum Gasteiger partial charge on any atom is -0.507 e. The average Bonchev–Trinajstić information content (AvgIpc) is 3.47. The van der Waals surface area contributed by atoms with E-state index < -0.39 is 17.7 Å². The highest BCUT2D eigenvalue weighted by Gasteiger charge is 2.48. The van der Waals surface area contributed by atoms with Gasteiger partial charge in [0.25, 0.3) is 5.78 Å². The lowest BCUT2D eigenvalue weighted by Gasteiger charge is -2.24. The van der Waals surface area contributed by atoms with Crippen LogP contribution in [0.15, 0.2) is 72.3 Å². The van der Waals surface area contributed by atoms with Crippen molar-refractivity contribution in [3.63, 3.8) is 0 Å². The van der Waals surface area contributed by atoms with E-state index in [1.54, 1.807) is 36.4 Å². The lowest BCUT2D eigenvalue weighted by Crippen LogP contribution is -2.29. The Kier molecular flexibility index (Phi) is 7.65. The number of carbonyl (C=O) groups excluding carboxylic acids is 2. The SMILES string of the molecule is CCCCOc1ccc(C2C(=C(O)c3ccccc3)C(=O)C(=O)N2c2nc3ccc(C)cc3s2)cc1OCC. The molecular formula is C31H30N2O5S. The number of ketones is 1. The van der Waals surface area contributed by atoms with E-state index in [2.05, 4.69) is 6.92 Å². The predicted molar refractivity (Wildman–Crippen MR) is 154 cm³/mol. The van der Waals surface area contributed by atoms with E-state index in [0.717, 1.165) is 28.6 Å². The molecule has 1 unspecified atom stereocenters. The van der Waals surface area contributed by atoms with Crippen LogP contribution in [0.25, 0.3) is 16.0 Å². The van der Waals surface area contributed by atoms with Gasteiger partial charge in [-0.05, 0) is 55.7 Å². The number of benzene rings is 3. The van der Waals surface area contributed by atoms with Crippen molar-refractivity contribution in [2.75, 3.05) is 18.1 Å². The molecule has 1 aromatic heterocycles. The summed E-state index contributed by atoms with van der Waals surface area (Å²) in [6, 6.07) is 19.1. The van der Waals surface area contributed by atoms with Crippen molar-refractivity contribution >= 4 is 44.1 Å². The number of hydrogen-bond acceptors (Lipinski definition) is 7. The number of anilines is 1. The molecule has 5 rings (SSSR count). The number of hydrogen-bond donors (Lipinski definition) is 1. The lowest BCUT2D eigenvalue weighted by molar-refractivity contribution is -0.132. The monoisotopic (exact) mass is 542 g/mol. The topological polar surface area (TPSA) is 89.0 Å². The van der Waals surface area contributed by atoms with Crippen molar-refractivity contribution in [3.8, 4) is 11.5 Å². The maximum atomic E-state index is 13.6. The molecule has 7 nitrogen and oxygen atoms in total. The number of carbonyl (C=O) groups is 2. The summed E-state index contributed by atoms with van der Waals surface area (Å²) in [5, 5.41) is 11.7. The summed E-state index contributed by atoms with van der Waals surface area (Å²) in [6.07, 6.45) is 1.90. The van der Waals surface area contributed by atoms with E-state index in [9.17, 15) is 14.7 Å². The molecule has 1 amide bonds. The van der Waals surface area contributed by atoms with Gasteiger partial charge in [0, 0.05) is 5.56 Å². The van der Waals surface area contributed by atoms with Gasteiger partial charge in [-0.15, -0.1) is 0 Å². The smallest absolute Gasteiger partial charge is 0.301 e. The standard InChI is InChI=1S/C31H30N2O5S/c1-4-6-16-38-23-15-13-21(18-24(23)37-5-2)27-26(28(34)20-10-8-7-9-11-20)29(35)30(36)33(27)31-32-22-14-12-19(3)17-25(22)39-31/h7-15,17-18,27,34H,4-6,16H2,1-3H3. The van der Waals surface area contributed by atoms with E-state index in [1.807, 2.05) is 44.2 Å². The fourth-order valence-electron chi connectivity index (χ4n) is 4.63. The van der Waals surface area contributed by atoms with E-state index in [4.69, 9.17) is 14.5 Å². The van der Waals surface area contributed by atoms with Crippen molar-refractivity contribution in [2.24, 2.45) is 0 Å². The Hall–Kier alpha value is -4.17. The van der Waals surface area contributed by atoms with Crippen LogP contribution in [0.5, 0.6) is 11.5 Å². The second kappa shape index (κ2) is 11.3. The molecule has 1 aliphatic rings. The number of aryl methyl sites for hydroxylation is 1. The van der Waals surface area contributed by atoms with Gasteiger partial charge >= 0.3 is 5.91 Å². The van der Waals surface area contributed by atoms with Crippen LogP contribution in [0, 0.1) is 6.92 Å². The third-order valence-corrected chi connectivity index (χ3v) is 7.59. The third kappa shape index (κ3) is 5.12. The molecule has 0 aliphatic carbocycles. The first kappa shape index (κ1) is 26.4. The molecule has 0 spiro atoms. The molecule has 0 radical (unpaired) electrons. The molecule has 4 aromatic rings. The first-order chi connectivity index (χ1) is 18.9. The Balaban J connectivity index is 1.69. The molecule has 1 N–H and O–H groups in total. The predicted octanol–water partition coefficient (Wildman–Crippen LogP) is 6.81. The summed E-state index contributed by atoms with van der Waals surface area (Å²) in [5.74, 6) is -0.645.